The lowest BCUT2D eigenvalue weighted by atomic mass is 10.2. The summed E-state index contributed by atoms with van der Waals surface area (Å²) >= 11 is 3.61. The van der Waals surface area contributed by atoms with Crippen LogP contribution in [0.15, 0.2) is 21.8 Å². The van der Waals surface area contributed by atoms with Crippen LogP contribution in [0.25, 0.3) is 0 Å². The van der Waals surface area contributed by atoms with Crippen molar-refractivity contribution in [3.05, 3.63) is 22.4 Å². The molecule has 1 aliphatic rings. The Balaban J connectivity index is 1.75. The minimum Gasteiger partial charge on any atom is -0.361 e. The lowest BCUT2D eigenvalue weighted by Gasteiger charge is -2.04. The van der Waals surface area contributed by atoms with Gasteiger partial charge >= 0.3 is 0 Å². The number of nitrogens with one attached hydrogen (secondary N) is 1. The van der Waals surface area contributed by atoms with Gasteiger partial charge in [-0.1, -0.05) is 18.7 Å². The number of hydrogen-bond donors (Lipinski definition) is 1. The maximum atomic E-state index is 4.57. The molecule has 15 heavy (non-hydrogen) atoms. The van der Waals surface area contributed by atoms with E-state index in [2.05, 4.69) is 34.1 Å². The van der Waals surface area contributed by atoms with Crippen LogP contribution in [0.3, 0.4) is 0 Å². The van der Waals surface area contributed by atoms with Crippen molar-refractivity contribution in [1.82, 2.24) is 5.32 Å². The molecule has 0 bridgehead atoms. The van der Waals surface area contributed by atoms with Gasteiger partial charge in [0.2, 0.25) is 0 Å². The summed E-state index contributed by atoms with van der Waals surface area (Å²) in [5.74, 6) is 1.17. The molecule has 1 fully saturated rings. The molecule has 0 spiro atoms. The summed E-state index contributed by atoms with van der Waals surface area (Å²) in [4.78, 5) is 4.57. The van der Waals surface area contributed by atoms with Crippen LogP contribution in [0.4, 0.5) is 0 Å². The number of thiophene rings is 1. The molecule has 4 heteroatoms. The molecule has 1 N–H and O–H groups in total. The van der Waals surface area contributed by atoms with Gasteiger partial charge in [-0.05, 0) is 35.2 Å². The van der Waals surface area contributed by atoms with E-state index in [9.17, 15) is 0 Å². The maximum absolute atomic E-state index is 4.57. The molecule has 1 saturated heterocycles. The zero-order valence-corrected chi connectivity index (χ0v) is 10.5. The standard InChI is InChI=1S/C11H16N2S2/c1-2-10-8-15-11(13-10)12-5-3-9-4-6-14-7-9/h4,6-7,10H,2-3,5,8H2,1H3,(H,12,13). The second-order valence-electron chi connectivity index (χ2n) is 3.63. The van der Waals surface area contributed by atoms with Gasteiger partial charge in [-0.25, -0.2) is 0 Å². The molecule has 1 aromatic rings. The quantitative estimate of drug-likeness (QED) is 0.875. The second kappa shape index (κ2) is 5.56. The Bertz CT molecular complexity index is 319. The van der Waals surface area contributed by atoms with E-state index in [1.54, 1.807) is 11.3 Å². The number of hydrogen-bond acceptors (Lipinski definition) is 3. The first kappa shape index (κ1) is 11.0. The van der Waals surface area contributed by atoms with Crippen molar-refractivity contribution in [2.24, 2.45) is 4.99 Å². The van der Waals surface area contributed by atoms with Crippen LogP contribution < -0.4 is 5.32 Å². The highest BCUT2D eigenvalue weighted by molar-refractivity contribution is 8.14. The van der Waals surface area contributed by atoms with E-state index >= 15 is 0 Å². The second-order valence-corrected chi connectivity index (χ2v) is 5.42. The summed E-state index contributed by atoms with van der Waals surface area (Å²) in [6.07, 6.45) is 2.25. The molecular formula is C11H16N2S2. The van der Waals surface area contributed by atoms with Gasteiger partial charge < -0.3 is 5.32 Å². The summed E-state index contributed by atoms with van der Waals surface area (Å²) in [7, 11) is 0. The monoisotopic (exact) mass is 240 g/mol. The highest BCUT2D eigenvalue weighted by Gasteiger charge is 2.17. The molecule has 2 rings (SSSR count). The van der Waals surface area contributed by atoms with Crippen LogP contribution in [0.5, 0.6) is 0 Å². The number of nitrogens with zero attached hydrogens (tertiary/aromatic N) is 1. The number of rotatable bonds is 4. The van der Waals surface area contributed by atoms with Gasteiger partial charge in [-0.3, -0.25) is 4.99 Å². The fraction of sp³-hybridized carbons (Fsp3) is 0.545. The minimum absolute atomic E-state index is 0.634. The molecule has 0 radical (unpaired) electrons. The van der Waals surface area contributed by atoms with Gasteiger partial charge in [0.25, 0.3) is 0 Å². The highest BCUT2D eigenvalue weighted by Crippen LogP contribution is 2.15. The average molecular weight is 240 g/mol. The zero-order chi connectivity index (χ0) is 10.5. The molecule has 1 aliphatic heterocycles. The molecule has 0 saturated carbocycles. The Kier molecular flexibility index (Phi) is 4.09. The number of amidine groups is 1. The largest absolute Gasteiger partial charge is 0.361 e. The minimum atomic E-state index is 0.634. The maximum Gasteiger partial charge on any atom is 0.156 e. The highest BCUT2D eigenvalue weighted by atomic mass is 32.2. The van der Waals surface area contributed by atoms with Crippen LogP contribution in [0.2, 0.25) is 0 Å². The number of thioether (sulfide) groups is 1. The van der Waals surface area contributed by atoms with E-state index in [4.69, 9.17) is 0 Å². The summed E-state index contributed by atoms with van der Waals surface area (Å²) in [6.45, 7) is 3.12. The molecule has 82 valence electrons. The molecule has 0 aromatic carbocycles. The smallest absolute Gasteiger partial charge is 0.156 e. The number of aliphatic imine (C=N–C) groups is 1. The Morgan fingerprint density at radius 3 is 3.20 bits per heavy atom. The molecule has 1 aromatic heterocycles. The van der Waals surface area contributed by atoms with E-state index in [-0.39, 0.29) is 0 Å². The summed E-state index contributed by atoms with van der Waals surface area (Å²) in [5.41, 5.74) is 1.40. The van der Waals surface area contributed by atoms with Gasteiger partial charge in [0.05, 0.1) is 0 Å². The summed E-state index contributed by atoms with van der Waals surface area (Å²) < 4.78 is 0. The predicted molar refractivity (Wildman–Crippen MR) is 70.0 cm³/mol. The van der Waals surface area contributed by atoms with Crippen LogP contribution in [0.1, 0.15) is 18.9 Å². The Labute approximate surface area is 99.2 Å². The fourth-order valence-corrected chi connectivity index (χ4v) is 3.28. The SMILES string of the molecule is CCC1CSC(=NCCc2ccsc2)N1. The first-order valence-electron chi connectivity index (χ1n) is 5.33. The van der Waals surface area contributed by atoms with Crippen molar-refractivity contribution >= 4 is 28.3 Å². The molecule has 2 heterocycles. The third-order valence-electron chi connectivity index (χ3n) is 2.48. The lowest BCUT2D eigenvalue weighted by Crippen LogP contribution is -2.25. The van der Waals surface area contributed by atoms with Crippen molar-refractivity contribution in [3.63, 3.8) is 0 Å². The third-order valence-corrected chi connectivity index (χ3v) is 4.30. The van der Waals surface area contributed by atoms with Crippen LogP contribution in [-0.2, 0) is 6.42 Å². The molecular weight excluding hydrogens is 224 g/mol. The van der Waals surface area contributed by atoms with Crippen molar-refractivity contribution in [3.8, 4) is 0 Å². The van der Waals surface area contributed by atoms with Crippen molar-refractivity contribution < 1.29 is 0 Å². The zero-order valence-electron chi connectivity index (χ0n) is 8.90. The van der Waals surface area contributed by atoms with E-state index in [0.717, 1.165) is 18.1 Å². The predicted octanol–water partition coefficient (Wildman–Crippen LogP) is 2.76. The first-order valence-corrected chi connectivity index (χ1v) is 7.26. The van der Waals surface area contributed by atoms with Gasteiger partial charge in [0.15, 0.2) is 5.17 Å². The Morgan fingerprint density at radius 2 is 2.53 bits per heavy atom. The van der Waals surface area contributed by atoms with Gasteiger partial charge in [0, 0.05) is 18.3 Å². The van der Waals surface area contributed by atoms with Crippen LogP contribution >= 0.6 is 23.1 Å². The van der Waals surface area contributed by atoms with Crippen LogP contribution in [0, 0.1) is 0 Å². The summed E-state index contributed by atoms with van der Waals surface area (Å²) in [6, 6.07) is 2.81. The molecule has 2 nitrogen and oxygen atoms in total. The van der Waals surface area contributed by atoms with Crippen LogP contribution in [-0.4, -0.2) is 23.5 Å². The van der Waals surface area contributed by atoms with E-state index in [1.807, 2.05) is 11.8 Å². The van der Waals surface area contributed by atoms with Crippen molar-refractivity contribution in [2.75, 3.05) is 12.3 Å². The van der Waals surface area contributed by atoms with Gasteiger partial charge in [-0.15, -0.1) is 0 Å². The van der Waals surface area contributed by atoms with Crippen molar-refractivity contribution in [1.29, 1.82) is 0 Å². The Hall–Kier alpha value is -0.480. The molecule has 0 aliphatic carbocycles. The normalized spacial score (nSPS) is 23.3. The van der Waals surface area contributed by atoms with Gasteiger partial charge in [0.1, 0.15) is 0 Å². The average Bonchev–Trinajstić information content (AvgIpc) is 2.88. The van der Waals surface area contributed by atoms with E-state index in [1.165, 1.54) is 17.7 Å². The fourth-order valence-electron chi connectivity index (χ4n) is 1.47. The summed E-state index contributed by atoms with van der Waals surface area (Å²) in [5, 5.41) is 8.89. The van der Waals surface area contributed by atoms with Gasteiger partial charge in [-0.2, -0.15) is 11.3 Å². The van der Waals surface area contributed by atoms with E-state index in [0.29, 0.717) is 6.04 Å². The van der Waals surface area contributed by atoms with E-state index < -0.39 is 0 Å². The first-order chi connectivity index (χ1) is 7.38. The Morgan fingerprint density at radius 1 is 1.60 bits per heavy atom. The topological polar surface area (TPSA) is 24.4 Å². The lowest BCUT2D eigenvalue weighted by molar-refractivity contribution is 0.667. The molecule has 1 unspecified atom stereocenters. The van der Waals surface area contributed by atoms with Crippen molar-refractivity contribution in [2.45, 2.75) is 25.8 Å². The molecule has 0 amide bonds. The third kappa shape index (κ3) is 3.24. The molecule has 1 atom stereocenters.